The number of rotatable bonds is 3. The normalized spacial score (nSPS) is 15.2. The Labute approximate surface area is 139 Å². The van der Waals surface area contributed by atoms with E-state index in [9.17, 15) is 4.79 Å². The van der Waals surface area contributed by atoms with Crippen molar-refractivity contribution in [2.75, 3.05) is 5.32 Å². The number of anilines is 1. The van der Waals surface area contributed by atoms with Crippen LogP contribution in [0.25, 0.3) is 0 Å². The average Bonchev–Trinajstić information content (AvgIpc) is 3.24. The quantitative estimate of drug-likeness (QED) is 0.804. The Kier molecular flexibility index (Phi) is 4.02. The molecule has 3 rings (SSSR count). The van der Waals surface area contributed by atoms with Crippen molar-refractivity contribution >= 4 is 34.9 Å². The van der Waals surface area contributed by atoms with E-state index in [1.165, 1.54) is 5.56 Å². The summed E-state index contributed by atoms with van der Waals surface area (Å²) in [4.78, 5) is 12.2. The highest BCUT2D eigenvalue weighted by atomic mass is 35.5. The number of hydrogen-bond donors (Lipinski definition) is 2. The lowest BCUT2D eigenvalue weighted by Crippen LogP contribution is -2.38. The molecule has 0 bridgehead atoms. The van der Waals surface area contributed by atoms with E-state index in [1.807, 2.05) is 6.92 Å². The molecule has 0 heterocycles. The topological polar surface area (TPSA) is 41.1 Å². The van der Waals surface area contributed by atoms with Crippen LogP contribution >= 0.6 is 23.2 Å². The van der Waals surface area contributed by atoms with E-state index in [0.717, 1.165) is 18.4 Å². The summed E-state index contributed by atoms with van der Waals surface area (Å²) in [5.74, 6) is 0. The zero-order valence-electron chi connectivity index (χ0n) is 12.1. The summed E-state index contributed by atoms with van der Waals surface area (Å²) in [6, 6.07) is 12.9. The second-order valence-corrected chi connectivity index (χ2v) is 6.50. The SMILES string of the molecule is Cc1ccc(C2(NC(=O)Nc3cc(Cl)ccc3Cl)CC2)cc1. The third-order valence-electron chi connectivity index (χ3n) is 3.88. The molecule has 0 aromatic heterocycles. The molecule has 1 saturated carbocycles. The Bertz CT molecular complexity index is 709. The van der Waals surface area contributed by atoms with Crippen molar-refractivity contribution in [1.29, 1.82) is 0 Å². The van der Waals surface area contributed by atoms with Crippen LogP contribution in [0.1, 0.15) is 24.0 Å². The fourth-order valence-corrected chi connectivity index (χ4v) is 2.78. The number of aryl methyl sites for hydroxylation is 1. The lowest BCUT2D eigenvalue weighted by molar-refractivity contribution is 0.247. The number of halogens is 2. The standard InChI is InChI=1S/C17H16Cl2N2O/c1-11-2-4-12(5-3-11)17(8-9-17)21-16(22)20-15-10-13(18)6-7-14(15)19/h2-7,10H,8-9H2,1H3,(H2,20,21,22). The van der Waals surface area contributed by atoms with Gasteiger partial charge < -0.3 is 10.6 Å². The summed E-state index contributed by atoms with van der Waals surface area (Å²) < 4.78 is 0. The maximum atomic E-state index is 12.2. The van der Waals surface area contributed by atoms with E-state index in [0.29, 0.717) is 15.7 Å². The third kappa shape index (κ3) is 3.21. The van der Waals surface area contributed by atoms with Crippen LogP contribution in [0.15, 0.2) is 42.5 Å². The molecule has 0 radical (unpaired) electrons. The van der Waals surface area contributed by atoms with Gasteiger partial charge in [-0.1, -0.05) is 53.0 Å². The van der Waals surface area contributed by atoms with Gasteiger partial charge in [0.1, 0.15) is 0 Å². The van der Waals surface area contributed by atoms with Crippen LogP contribution in [-0.2, 0) is 5.54 Å². The average molecular weight is 335 g/mol. The van der Waals surface area contributed by atoms with Crippen LogP contribution in [0, 0.1) is 6.92 Å². The molecule has 2 aromatic rings. The number of nitrogens with one attached hydrogen (secondary N) is 2. The van der Waals surface area contributed by atoms with Gasteiger partial charge in [-0.05, 0) is 43.5 Å². The van der Waals surface area contributed by atoms with Crippen LogP contribution in [0.5, 0.6) is 0 Å². The summed E-state index contributed by atoms with van der Waals surface area (Å²) in [6.07, 6.45) is 1.87. The highest BCUT2D eigenvalue weighted by Crippen LogP contribution is 2.45. The van der Waals surface area contributed by atoms with E-state index >= 15 is 0 Å². The molecule has 0 aliphatic heterocycles. The lowest BCUT2D eigenvalue weighted by Gasteiger charge is -2.19. The summed E-state index contributed by atoms with van der Waals surface area (Å²) >= 11 is 12.0. The fourth-order valence-electron chi connectivity index (χ4n) is 2.45. The van der Waals surface area contributed by atoms with Gasteiger partial charge in [-0.15, -0.1) is 0 Å². The molecule has 2 amide bonds. The van der Waals surface area contributed by atoms with Crippen molar-refractivity contribution in [2.24, 2.45) is 0 Å². The zero-order valence-corrected chi connectivity index (χ0v) is 13.6. The van der Waals surface area contributed by atoms with Crippen LogP contribution in [-0.4, -0.2) is 6.03 Å². The summed E-state index contributed by atoms with van der Waals surface area (Å²) in [6.45, 7) is 2.05. The molecule has 1 fully saturated rings. The number of carbonyl (C=O) groups is 1. The second kappa shape index (κ2) is 5.82. The van der Waals surface area contributed by atoms with Gasteiger partial charge in [0.2, 0.25) is 0 Å². The van der Waals surface area contributed by atoms with E-state index < -0.39 is 0 Å². The maximum absolute atomic E-state index is 12.2. The monoisotopic (exact) mass is 334 g/mol. The first-order chi connectivity index (χ1) is 10.5. The molecular formula is C17H16Cl2N2O. The Morgan fingerprint density at radius 3 is 2.41 bits per heavy atom. The predicted molar refractivity (Wildman–Crippen MR) is 90.7 cm³/mol. The van der Waals surface area contributed by atoms with Gasteiger partial charge >= 0.3 is 6.03 Å². The summed E-state index contributed by atoms with van der Waals surface area (Å²) in [5.41, 5.74) is 2.58. The zero-order chi connectivity index (χ0) is 15.7. The van der Waals surface area contributed by atoms with Crippen molar-refractivity contribution in [3.8, 4) is 0 Å². The van der Waals surface area contributed by atoms with Gasteiger partial charge in [0, 0.05) is 5.02 Å². The number of hydrogen-bond acceptors (Lipinski definition) is 1. The largest absolute Gasteiger partial charge is 0.328 e. The first-order valence-corrected chi connectivity index (χ1v) is 7.85. The van der Waals surface area contributed by atoms with Crippen molar-refractivity contribution in [3.05, 3.63) is 63.6 Å². The number of urea groups is 1. The van der Waals surface area contributed by atoms with Gasteiger partial charge in [-0.2, -0.15) is 0 Å². The van der Waals surface area contributed by atoms with Gasteiger partial charge in [-0.25, -0.2) is 4.79 Å². The molecule has 2 N–H and O–H groups in total. The van der Waals surface area contributed by atoms with E-state index in [-0.39, 0.29) is 11.6 Å². The van der Waals surface area contributed by atoms with Gasteiger partial charge in [0.25, 0.3) is 0 Å². The molecule has 22 heavy (non-hydrogen) atoms. The molecule has 0 atom stereocenters. The highest BCUT2D eigenvalue weighted by molar-refractivity contribution is 6.35. The molecule has 5 heteroatoms. The first kappa shape index (κ1) is 15.2. The Balaban J connectivity index is 1.71. The molecule has 1 aliphatic carbocycles. The minimum atomic E-state index is -0.276. The minimum Gasteiger partial charge on any atom is -0.328 e. The first-order valence-electron chi connectivity index (χ1n) is 7.10. The Morgan fingerprint density at radius 1 is 1.09 bits per heavy atom. The Hall–Kier alpha value is -1.71. The second-order valence-electron chi connectivity index (χ2n) is 5.65. The molecule has 1 aliphatic rings. The predicted octanol–water partition coefficient (Wildman–Crippen LogP) is 5.11. The summed E-state index contributed by atoms with van der Waals surface area (Å²) in [5, 5.41) is 6.79. The number of carbonyl (C=O) groups excluding carboxylic acids is 1. The molecule has 2 aromatic carbocycles. The molecule has 0 unspecified atom stereocenters. The molecule has 114 valence electrons. The van der Waals surface area contributed by atoms with Crippen molar-refractivity contribution < 1.29 is 4.79 Å². The Morgan fingerprint density at radius 2 is 1.77 bits per heavy atom. The van der Waals surface area contributed by atoms with Crippen LogP contribution in [0.3, 0.4) is 0 Å². The van der Waals surface area contributed by atoms with Crippen LogP contribution in [0.4, 0.5) is 10.5 Å². The van der Waals surface area contributed by atoms with Crippen LogP contribution < -0.4 is 10.6 Å². The molecule has 0 spiro atoms. The number of benzene rings is 2. The van der Waals surface area contributed by atoms with Gasteiger partial charge in [0.15, 0.2) is 0 Å². The third-order valence-corrected chi connectivity index (χ3v) is 4.45. The minimum absolute atomic E-state index is 0.261. The number of amides is 2. The maximum Gasteiger partial charge on any atom is 0.319 e. The molecular weight excluding hydrogens is 319 g/mol. The van der Waals surface area contributed by atoms with Gasteiger partial charge in [-0.3, -0.25) is 0 Å². The lowest BCUT2D eigenvalue weighted by atomic mass is 10.0. The molecule has 3 nitrogen and oxygen atoms in total. The summed E-state index contributed by atoms with van der Waals surface area (Å²) in [7, 11) is 0. The highest BCUT2D eigenvalue weighted by Gasteiger charge is 2.45. The van der Waals surface area contributed by atoms with E-state index in [1.54, 1.807) is 18.2 Å². The van der Waals surface area contributed by atoms with Gasteiger partial charge in [0.05, 0.1) is 16.2 Å². The van der Waals surface area contributed by atoms with E-state index in [2.05, 4.69) is 34.9 Å². The van der Waals surface area contributed by atoms with Crippen molar-refractivity contribution in [2.45, 2.75) is 25.3 Å². The fraction of sp³-hybridized carbons (Fsp3) is 0.235. The van der Waals surface area contributed by atoms with Crippen LogP contribution in [0.2, 0.25) is 10.0 Å². The van der Waals surface area contributed by atoms with E-state index in [4.69, 9.17) is 23.2 Å². The van der Waals surface area contributed by atoms with Crippen molar-refractivity contribution in [1.82, 2.24) is 5.32 Å². The van der Waals surface area contributed by atoms with Crippen molar-refractivity contribution in [3.63, 3.8) is 0 Å². The molecule has 0 saturated heterocycles. The smallest absolute Gasteiger partial charge is 0.319 e.